The third kappa shape index (κ3) is 2.61. The van der Waals surface area contributed by atoms with E-state index < -0.39 is 0 Å². The quantitative estimate of drug-likeness (QED) is 0.613. The van der Waals surface area contributed by atoms with Gasteiger partial charge in [-0.2, -0.15) is 5.10 Å². The first-order chi connectivity index (χ1) is 12.7. The highest BCUT2D eigenvalue weighted by molar-refractivity contribution is 6.09. The standard InChI is InChI=1S/C18H15N7O/c1-11-4-12(10-26-11)8-25-9-16-14(24-25)5-13(6-21-16)23-18-17-15(7-22-18)19-2-3-20-17/h2-6,9-10H,7-8H2,1H3,(H,22,23). The smallest absolute Gasteiger partial charge is 0.154 e. The van der Waals surface area contributed by atoms with Crippen LogP contribution in [-0.2, 0) is 13.1 Å². The summed E-state index contributed by atoms with van der Waals surface area (Å²) in [5.41, 5.74) is 5.21. The fourth-order valence-corrected chi connectivity index (χ4v) is 3.01. The van der Waals surface area contributed by atoms with Gasteiger partial charge in [-0.1, -0.05) is 0 Å². The van der Waals surface area contributed by atoms with Crippen molar-refractivity contribution in [2.45, 2.75) is 20.0 Å². The van der Waals surface area contributed by atoms with E-state index in [4.69, 9.17) is 4.42 Å². The van der Waals surface area contributed by atoms with Gasteiger partial charge in [-0.05, 0) is 19.1 Å². The van der Waals surface area contributed by atoms with Crippen LogP contribution in [0, 0.1) is 6.92 Å². The Hall–Kier alpha value is -3.55. The highest BCUT2D eigenvalue weighted by atomic mass is 16.3. The SMILES string of the molecule is Cc1cc(Cn2cc3ncc(NC4=NCc5nccnc54)cc3n2)co1. The van der Waals surface area contributed by atoms with Crippen molar-refractivity contribution in [3.8, 4) is 0 Å². The van der Waals surface area contributed by atoms with Crippen molar-refractivity contribution >= 4 is 22.6 Å². The summed E-state index contributed by atoms with van der Waals surface area (Å²) in [6, 6.07) is 3.96. The second-order valence-electron chi connectivity index (χ2n) is 6.16. The van der Waals surface area contributed by atoms with Gasteiger partial charge in [0, 0.05) is 18.0 Å². The lowest BCUT2D eigenvalue weighted by Gasteiger charge is -2.05. The molecule has 0 unspecified atom stereocenters. The Labute approximate surface area is 148 Å². The van der Waals surface area contributed by atoms with Gasteiger partial charge in [-0.25, -0.2) is 4.98 Å². The minimum atomic E-state index is 0.542. The minimum Gasteiger partial charge on any atom is -0.469 e. The van der Waals surface area contributed by atoms with Crippen LogP contribution in [0.1, 0.15) is 22.7 Å². The van der Waals surface area contributed by atoms with E-state index in [1.165, 1.54) is 0 Å². The molecule has 128 valence electrons. The highest BCUT2D eigenvalue weighted by Gasteiger charge is 2.18. The van der Waals surface area contributed by atoms with E-state index in [1.807, 2.05) is 29.9 Å². The van der Waals surface area contributed by atoms with Crippen LogP contribution in [-0.4, -0.2) is 30.6 Å². The Bertz CT molecular complexity index is 1140. The second kappa shape index (κ2) is 5.76. The van der Waals surface area contributed by atoms with Crippen LogP contribution in [0.4, 0.5) is 5.69 Å². The van der Waals surface area contributed by atoms with Crippen molar-refractivity contribution in [3.05, 3.63) is 65.9 Å². The maximum atomic E-state index is 5.34. The largest absolute Gasteiger partial charge is 0.469 e. The molecule has 1 N–H and O–H groups in total. The molecule has 0 saturated carbocycles. The number of anilines is 1. The van der Waals surface area contributed by atoms with Gasteiger partial charge in [0.15, 0.2) is 5.84 Å². The summed E-state index contributed by atoms with van der Waals surface area (Å²) in [5, 5.41) is 7.87. The molecule has 1 aliphatic rings. The predicted octanol–water partition coefficient (Wildman–Crippen LogP) is 2.54. The first-order valence-corrected chi connectivity index (χ1v) is 8.23. The van der Waals surface area contributed by atoms with Crippen molar-refractivity contribution in [1.82, 2.24) is 24.7 Å². The molecule has 0 aliphatic carbocycles. The van der Waals surface area contributed by atoms with E-state index in [9.17, 15) is 0 Å². The van der Waals surface area contributed by atoms with E-state index >= 15 is 0 Å². The number of nitrogens with zero attached hydrogens (tertiary/aromatic N) is 6. The average Bonchev–Trinajstić information content (AvgIpc) is 3.34. The molecule has 4 aromatic rings. The van der Waals surface area contributed by atoms with E-state index in [2.05, 4.69) is 30.4 Å². The Morgan fingerprint density at radius 3 is 2.96 bits per heavy atom. The van der Waals surface area contributed by atoms with Gasteiger partial charge in [0.2, 0.25) is 0 Å². The normalized spacial score (nSPS) is 13.0. The van der Waals surface area contributed by atoms with Gasteiger partial charge >= 0.3 is 0 Å². The summed E-state index contributed by atoms with van der Waals surface area (Å²) in [6.07, 6.45) is 8.79. The Morgan fingerprint density at radius 2 is 2.08 bits per heavy atom. The zero-order valence-electron chi connectivity index (χ0n) is 14.0. The van der Waals surface area contributed by atoms with Crippen LogP contribution in [0.25, 0.3) is 11.0 Å². The van der Waals surface area contributed by atoms with Gasteiger partial charge in [0.25, 0.3) is 0 Å². The summed E-state index contributed by atoms with van der Waals surface area (Å²) in [5.74, 6) is 1.60. The number of amidine groups is 1. The first kappa shape index (κ1) is 14.8. The Morgan fingerprint density at radius 1 is 1.15 bits per heavy atom. The van der Waals surface area contributed by atoms with E-state index in [0.717, 1.165) is 39.4 Å². The molecule has 5 heterocycles. The molecular weight excluding hydrogens is 330 g/mol. The molecule has 0 saturated heterocycles. The second-order valence-corrected chi connectivity index (χ2v) is 6.16. The molecule has 1 aliphatic heterocycles. The highest BCUT2D eigenvalue weighted by Crippen LogP contribution is 2.19. The van der Waals surface area contributed by atoms with Gasteiger partial charge < -0.3 is 9.73 Å². The molecule has 0 amide bonds. The number of hydrogen-bond acceptors (Lipinski definition) is 7. The maximum Gasteiger partial charge on any atom is 0.154 e. The zero-order valence-corrected chi connectivity index (χ0v) is 14.0. The van der Waals surface area contributed by atoms with Gasteiger partial charge in [-0.3, -0.25) is 19.6 Å². The lowest BCUT2D eigenvalue weighted by Crippen LogP contribution is -2.13. The summed E-state index contributed by atoms with van der Waals surface area (Å²) < 4.78 is 7.20. The molecule has 8 heteroatoms. The molecule has 0 aromatic carbocycles. The van der Waals surface area contributed by atoms with E-state index in [1.54, 1.807) is 24.9 Å². The summed E-state index contributed by atoms with van der Waals surface area (Å²) in [4.78, 5) is 17.6. The molecule has 0 radical (unpaired) electrons. The summed E-state index contributed by atoms with van der Waals surface area (Å²) in [7, 11) is 0. The number of pyridine rings is 1. The summed E-state index contributed by atoms with van der Waals surface area (Å²) in [6.45, 7) is 3.11. The van der Waals surface area contributed by atoms with Crippen molar-refractivity contribution in [3.63, 3.8) is 0 Å². The fourth-order valence-electron chi connectivity index (χ4n) is 3.01. The maximum absolute atomic E-state index is 5.34. The molecule has 0 atom stereocenters. The third-order valence-electron chi connectivity index (χ3n) is 4.18. The Balaban J connectivity index is 1.40. The molecule has 5 rings (SSSR count). The average molecular weight is 345 g/mol. The van der Waals surface area contributed by atoms with Crippen molar-refractivity contribution in [2.24, 2.45) is 4.99 Å². The van der Waals surface area contributed by atoms with E-state index in [-0.39, 0.29) is 0 Å². The number of aromatic nitrogens is 5. The monoisotopic (exact) mass is 345 g/mol. The van der Waals surface area contributed by atoms with E-state index in [0.29, 0.717) is 18.9 Å². The van der Waals surface area contributed by atoms with Crippen LogP contribution in [0.15, 0.2) is 52.6 Å². The number of fused-ring (bicyclic) bond motifs is 2. The van der Waals surface area contributed by atoms with Crippen molar-refractivity contribution < 1.29 is 4.42 Å². The number of aryl methyl sites for hydroxylation is 1. The van der Waals surface area contributed by atoms with Crippen LogP contribution >= 0.6 is 0 Å². The zero-order chi connectivity index (χ0) is 17.5. The predicted molar refractivity (Wildman–Crippen MR) is 96.0 cm³/mol. The topological polar surface area (TPSA) is 94.0 Å². The van der Waals surface area contributed by atoms with Crippen LogP contribution in [0.5, 0.6) is 0 Å². The molecule has 26 heavy (non-hydrogen) atoms. The minimum absolute atomic E-state index is 0.542. The van der Waals surface area contributed by atoms with Gasteiger partial charge in [0.05, 0.1) is 43.1 Å². The number of furan rings is 1. The molecule has 0 fully saturated rings. The first-order valence-electron chi connectivity index (χ1n) is 8.23. The number of aliphatic imine (C=N–C) groups is 1. The van der Waals surface area contributed by atoms with Crippen LogP contribution in [0.3, 0.4) is 0 Å². The lowest BCUT2D eigenvalue weighted by atomic mass is 10.3. The van der Waals surface area contributed by atoms with Crippen molar-refractivity contribution in [1.29, 1.82) is 0 Å². The molecule has 0 bridgehead atoms. The van der Waals surface area contributed by atoms with Crippen molar-refractivity contribution in [2.75, 3.05) is 5.32 Å². The van der Waals surface area contributed by atoms with Crippen LogP contribution < -0.4 is 5.32 Å². The van der Waals surface area contributed by atoms with Gasteiger partial charge in [0.1, 0.15) is 22.5 Å². The molecule has 4 aromatic heterocycles. The number of nitrogens with one attached hydrogen (secondary N) is 1. The summed E-state index contributed by atoms with van der Waals surface area (Å²) >= 11 is 0. The molecule has 8 nitrogen and oxygen atoms in total. The molecular formula is C18H15N7O. The van der Waals surface area contributed by atoms with Gasteiger partial charge in [-0.15, -0.1) is 0 Å². The number of hydrogen-bond donors (Lipinski definition) is 1. The molecule has 0 spiro atoms. The fraction of sp³-hybridized carbons (Fsp3) is 0.167. The third-order valence-corrected chi connectivity index (χ3v) is 4.18. The Kier molecular flexibility index (Phi) is 3.27. The lowest BCUT2D eigenvalue weighted by molar-refractivity contribution is 0.529. The number of rotatable bonds is 3. The van der Waals surface area contributed by atoms with Crippen LogP contribution in [0.2, 0.25) is 0 Å².